The summed E-state index contributed by atoms with van der Waals surface area (Å²) in [5.41, 5.74) is 15.7. The Hall–Kier alpha value is -4.28. The number of carboxylic acid groups (broad SMARTS) is 1. The van der Waals surface area contributed by atoms with Crippen LogP contribution in [0.3, 0.4) is 0 Å². The van der Waals surface area contributed by atoms with E-state index in [1.54, 1.807) is 32.0 Å². The van der Waals surface area contributed by atoms with Crippen LogP contribution in [0.15, 0.2) is 51.2 Å². The average Bonchev–Trinajstić information content (AvgIpc) is 2.76. The van der Waals surface area contributed by atoms with Crippen LogP contribution in [0.5, 0.6) is 0 Å². The summed E-state index contributed by atoms with van der Waals surface area (Å²) in [6.07, 6.45) is -6.11. The third kappa shape index (κ3) is 8.41. The van der Waals surface area contributed by atoms with Gasteiger partial charge in [0.15, 0.2) is 12.1 Å². The van der Waals surface area contributed by atoms with Gasteiger partial charge in [0, 0.05) is 5.69 Å². The summed E-state index contributed by atoms with van der Waals surface area (Å²) in [6, 6.07) is 7.80. The van der Waals surface area contributed by atoms with Gasteiger partial charge in [0.2, 0.25) is 11.9 Å². The van der Waals surface area contributed by atoms with Gasteiger partial charge in [-0.05, 0) is 49.7 Å². The minimum atomic E-state index is -5.08. The van der Waals surface area contributed by atoms with E-state index in [0.717, 1.165) is 4.57 Å². The van der Waals surface area contributed by atoms with Gasteiger partial charge in [-0.1, -0.05) is 18.2 Å². The number of primary amides is 1. The molecule has 1 amide bonds. The third-order valence-electron chi connectivity index (χ3n) is 4.53. The molecule has 1 aromatic heterocycles. The van der Waals surface area contributed by atoms with Crippen molar-refractivity contribution < 1.29 is 41.1 Å². The van der Waals surface area contributed by atoms with Crippen molar-refractivity contribution in [3.8, 4) is 0 Å². The van der Waals surface area contributed by atoms with E-state index < -0.39 is 45.8 Å². The summed E-state index contributed by atoms with van der Waals surface area (Å²) in [5, 5.41) is 10.5. The van der Waals surface area contributed by atoms with Crippen molar-refractivity contribution >= 4 is 33.5 Å². The molecule has 0 aliphatic heterocycles. The molecular weight excluding hydrogens is 525 g/mol. The molecule has 8 N–H and O–H groups in total. The van der Waals surface area contributed by atoms with E-state index >= 15 is 0 Å². The molecule has 2 aromatic rings. The lowest BCUT2D eigenvalue weighted by molar-refractivity contribution is -0.192. The number of benzene rings is 1. The SMILES string of the molecule is Cc1ccccc1S(=O)(=O)Nc1ccc(C)n(C(C(N)=O)C(C)ON=C(N)N)c1=O.O=C(O)C(F)(F)F. The highest BCUT2D eigenvalue weighted by Gasteiger charge is 2.38. The minimum Gasteiger partial charge on any atom is -0.475 e. The van der Waals surface area contributed by atoms with Crippen LogP contribution in [0, 0.1) is 13.8 Å². The topological polar surface area (TPSA) is 222 Å². The van der Waals surface area contributed by atoms with Crippen molar-refractivity contribution in [2.75, 3.05) is 4.72 Å². The molecule has 2 rings (SSSR count). The minimum absolute atomic E-state index is 0.0208. The summed E-state index contributed by atoms with van der Waals surface area (Å²) in [7, 11) is -4.05. The zero-order valence-electron chi connectivity index (χ0n) is 19.7. The molecule has 0 saturated carbocycles. The molecule has 2 atom stereocenters. The second-order valence-corrected chi connectivity index (χ2v) is 9.06. The Morgan fingerprint density at radius 3 is 2.11 bits per heavy atom. The highest BCUT2D eigenvalue weighted by Crippen LogP contribution is 2.20. The fourth-order valence-corrected chi connectivity index (χ4v) is 4.20. The Balaban J connectivity index is 0.000000856. The largest absolute Gasteiger partial charge is 0.490 e. The van der Waals surface area contributed by atoms with Gasteiger partial charge >= 0.3 is 12.1 Å². The number of carboxylic acids is 1. The lowest BCUT2D eigenvalue weighted by Gasteiger charge is -2.24. The Morgan fingerprint density at radius 2 is 1.65 bits per heavy atom. The molecule has 13 nitrogen and oxygen atoms in total. The number of sulfonamides is 1. The van der Waals surface area contributed by atoms with Gasteiger partial charge < -0.3 is 27.1 Å². The maximum atomic E-state index is 13.1. The van der Waals surface area contributed by atoms with Crippen LogP contribution in [0.2, 0.25) is 0 Å². The number of nitrogens with one attached hydrogen (secondary N) is 1. The molecule has 1 heterocycles. The number of anilines is 1. The number of alkyl halides is 3. The van der Waals surface area contributed by atoms with Gasteiger partial charge in [0.05, 0.1) is 4.90 Å². The van der Waals surface area contributed by atoms with E-state index in [9.17, 15) is 31.2 Å². The van der Waals surface area contributed by atoms with E-state index in [-0.39, 0.29) is 16.5 Å². The highest BCUT2D eigenvalue weighted by molar-refractivity contribution is 7.92. The number of amides is 1. The van der Waals surface area contributed by atoms with E-state index in [1.165, 1.54) is 25.1 Å². The molecule has 37 heavy (non-hydrogen) atoms. The third-order valence-corrected chi connectivity index (χ3v) is 6.05. The molecular formula is C20H25F3N6O7S. The van der Waals surface area contributed by atoms with E-state index in [2.05, 4.69) is 9.88 Å². The number of oxime groups is 1. The molecule has 0 bridgehead atoms. The fraction of sp³-hybridized carbons (Fsp3) is 0.300. The molecule has 17 heteroatoms. The molecule has 0 spiro atoms. The van der Waals surface area contributed by atoms with Crippen LogP contribution >= 0.6 is 0 Å². The van der Waals surface area contributed by atoms with Crippen molar-refractivity contribution in [1.82, 2.24) is 4.57 Å². The van der Waals surface area contributed by atoms with Crippen molar-refractivity contribution in [2.45, 2.75) is 44.0 Å². The van der Waals surface area contributed by atoms with Crippen LogP contribution in [-0.2, 0) is 24.4 Å². The fourth-order valence-electron chi connectivity index (χ4n) is 2.90. The number of pyridine rings is 1. The van der Waals surface area contributed by atoms with Gasteiger partial charge in [-0.2, -0.15) is 13.2 Å². The molecule has 204 valence electrons. The number of guanidine groups is 1. The second kappa shape index (κ2) is 12.1. The number of hydrogen-bond donors (Lipinski definition) is 5. The highest BCUT2D eigenvalue weighted by atomic mass is 32.2. The normalized spacial score (nSPS) is 12.8. The van der Waals surface area contributed by atoms with Crippen molar-refractivity contribution in [1.29, 1.82) is 0 Å². The zero-order valence-corrected chi connectivity index (χ0v) is 20.5. The van der Waals surface area contributed by atoms with Crippen molar-refractivity contribution in [3.05, 3.63) is 58.0 Å². The predicted octanol–water partition coefficient (Wildman–Crippen LogP) is 0.519. The van der Waals surface area contributed by atoms with E-state index in [1.807, 2.05) is 0 Å². The number of nitrogens with zero attached hydrogens (tertiary/aromatic N) is 2. The van der Waals surface area contributed by atoms with Gasteiger partial charge in [-0.3, -0.25) is 18.9 Å². The van der Waals surface area contributed by atoms with Gasteiger partial charge in [-0.25, -0.2) is 13.2 Å². The lowest BCUT2D eigenvalue weighted by atomic mass is 10.1. The molecule has 0 saturated heterocycles. The summed E-state index contributed by atoms with van der Waals surface area (Å²) < 4.78 is 60.6. The summed E-state index contributed by atoms with van der Waals surface area (Å²) >= 11 is 0. The molecule has 0 aliphatic carbocycles. The van der Waals surface area contributed by atoms with Crippen LogP contribution in [-0.4, -0.2) is 48.2 Å². The first-order chi connectivity index (χ1) is 16.9. The average molecular weight is 551 g/mol. The number of nitrogens with two attached hydrogens (primary N) is 3. The van der Waals surface area contributed by atoms with Gasteiger partial charge in [-0.15, -0.1) is 0 Å². The monoisotopic (exact) mass is 550 g/mol. The van der Waals surface area contributed by atoms with E-state index in [4.69, 9.17) is 31.9 Å². The number of aliphatic carboxylic acids is 1. The smallest absolute Gasteiger partial charge is 0.475 e. The van der Waals surface area contributed by atoms with E-state index in [0.29, 0.717) is 11.3 Å². The number of carbonyl (C=O) groups excluding carboxylic acids is 1. The molecule has 1 aromatic carbocycles. The van der Waals surface area contributed by atoms with Gasteiger partial charge in [0.1, 0.15) is 5.69 Å². The Bertz CT molecular complexity index is 1340. The Morgan fingerprint density at radius 1 is 1.11 bits per heavy atom. The standard InChI is InChI=1S/C18H24N6O5S.C2HF3O2/c1-10-6-4-5-7-14(10)30(27,28)23-13-9-8-11(2)24(17(13)26)15(16(19)25)12(3)29-22-18(20)21;3-2(4,5)1(6)7/h4-9,12,15,23H,1-3H3,(H2,19,25)(H4,20,21,22);(H,6,7). The lowest BCUT2D eigenvalue weighted by Crippen LogP contribution is -2.42. The van der Waals surface area contributed by atoms with Crippen LogP contribution < -0.4 is 27.5 Å². The first-order valence-electron chi connectivity index (χ1n) is 10.0. The van der Waals surface area contributed by atoms with Crippen LogP contribution in [0.4, 0.5) is 18.9 Å². The van der Waals surface area contributed by atoms with Crippen molar-refractivity contribution in [3.63, 3.8) is 0 Å². The molecule has 0 aliphatic rings. The van der Waals surface area contributed by atoms with Crippen molar-refractivity contribution in [2.24, 2.45) is 22.4 Å². The number of hydrogen-bond acceptors (Lipinski definition) is 7. The second-order valence-electron chi connectivity index (χ2n) is 7.41. The maximum absolute atomic E-state index is 13.1. The Labute approximate surface area is 208 Å². The summed E-state index contributed by atoms with van der Waals surface area (Å²) in [4.78, 5) is 39.1. The van der Waals surface area contributed by atoms with Crippen LogP contribution in [0.25, 0.3) is 0 Å². The molecule has 2 unspecified atom stereocenters. The molecule has 0 radical (unpaired) electrons. The number of aromatic nitrogens is 1. The quantitative estimate of drug-likeness (QED) is 0.175. The Kier molecular flexibility index (Phi) is 10.1. The number of rotatable bonds is 8. The summed E-state index contributed by atoms with van der Waals surface area (Å²) in [5.74, 6) is -4.03. The van der Waals surface area contributed by atoms with Crippen LogP contribution in [0.1, 0.15) is 24.2 Å². The zero-order chi connectivity index (χ0) is 28.7. The van der Waals surface area contributed by atoms with Gasteiger partial charge in [0.25, 0.3) is 15.6 Å². The number of aryl methyl sites for hydroxylation is 2. The predicted molar refractivity (Wildman–Crippen MR) is 126 cm³/mol. The number of halogens is 3. The first-order valence-corrected chi connectivity index (χ1v) is 11.5. The summed E-state index contributed by atoms with van der Waals surface area (Å²) in [6.45, 7) is 4.63. The first kappa shape index (κ1) is 30.8. The number of carbonyl (C=O) groups is 2. The molecule has 0 fully saturated rings. The maximum Gasteiger partial charge on any atom is 0.490 e.